The number of halogens is 2. The van der Waals surface area contributed by atoms with Crippen LogP contribution in [0.4, 0.5) is 15.8 Å². The first-order chi connectivity index (χ1) is 10.0. The van der Waals surface area contributed by atoms with Crippen LogP contribution in [0.5, 0.6) is 0 Å². The molecule has 0 aliphatic heterocycles. The normalized spacial score (nSPS) is 10.4. The van der Waals surface area contributed by atoms with E-state index in [2.05, 4.69) is 0 Å². The first-order valence-electron chi connectivity index (χ1n) is 6.44. The zero-order valence-corrected chi connectivity index (χ0v) is 12.2. The summed E-state index contributed by atoms with van der Waals surface area (Å²) in [7, 11) is 0. The Balaban J connectivity index is 2.24. The molecule has 0 atom stereocenters. The summed E-state index contributed by atoms with van der Waals surface area (Å²) in [4.78, 5) is 12.4. The number of benzene rings is 2. The molecular formula is C15H14ClFN2O2. The van der Waals surface area contributed by atoms with Gasteiger partial charge in [-0.25, -0.2) is 4.39 Å². The zero-order valence-electron chi connectivity index (χ0n) is 11.4. The average Bonchev–Trinajstić information content (AvgIpc) is 2.47. The predicted octanol–water partition coefficient (Wildman–Crippen LogP) is 4.41. The molecule has 110 valence electrons. The van der Waals surface area contributed by atoms with Gasteiger partial charge in [-0.15, -0.1) is 0 Å². The van der Waals surface area contributed by atoms with Crippen LogP contribution in [0.3, 0.4) is 0 Å². The highest BCUT2D eigenvalue weighted by atomic mass is 35.5. The summed E-state index contributed by atoms with van der Waals surface area (Å²) in [6.45, 7) is 3.15. The van der Waals surface area contributed by atoms with Gasteiger partial charge in [0.2, 0.25) is 0 Å². The van der Waals surface area contributed by atoms with Crippen LogP contribution in [-0.2, 0) is 6.54 Å². The third-order valence-corrected chi connectivity index (χ3v) is 3.47. The van der Waals surface area contributed by atoms with E-state index in [1.807, 2.05) is 11.8 Å². The van der Waals surface area contributed by atoms with Gasteiger partial charge in [-0.1, -0.05) is 17.7 Å². The lowest BCUT2D eigenvalue weighted by atomic mass is 10.1. The van der Waals surface area contributed by atoms with Crippen molar-refractivity contribution in [3.05, 3.63) is 69.0 Å². The second kappa shape index (κ2) is 6.54. The van der Waals surface area contributed by atoms with Gasteiger partial charge >= 0.3 is 0 Å². The minimum Gasteiger partial charge on any atom is -0.367 e. The molecule has 0 fully saturated rings. The predicted molar refractivity (Wildman–Crippen MR) is 81.2 cm³/mol. The van der Waals surface area contributed by atoms with Crippen LogP contribution < -0.4 is 4.90 Å². The molecule has 0 heterocycles. The molecule has 6 heteroatoms. The average molecular weight is 309 g/mol. The van der Waals surface area contributed by atoms with Crippen molar-refractivity contribution in [1.82, 2.24) is 0 Å². The van der Waals surface area contributed by atoms with E-state index in [1.165, 1.54) is 24.3 Å². The summed E-state index contributed by atoms with van der Waals surface area (Å²) in [5, 5.41) is 11.0. The molecule has 0 unspecified atom stereocenters. The Kier molecular flexibility index (Phi) is 4.75. The van der Waals surface area contributed by atoms with Crippen LogP contribution in [0.1, 0.15) is 12.5 Å². The molecule has 0 aromatic heterocycles. The van der Waals surface area contributed by atoms with Crippen LogP contribution in [0, 0.1) is 15.9 Å². The first-order valence-corrected chi connectivity index (χ1v) is 6.82. The van der Waals surface area contributed by atoms with Crippen molar-refractivity contribution in [2.75, 3.05) is 11.4 Å². The molecule has 0 amide bonds. The van der Waals surface area contributed by atoms with E-state index in [0.29, 0.717) is 13.1 Å². The molecule has 0 saturated heterocycles. The monoisotopic (exact) mass is 308 g/mol. The Labute approximate surface area is 126 Å². The lowest BCUT2D eigenvalue weighted by molar-refractivity contribution is -0.384. The summed E-state index contributed by atoms with van der Waals surface area (Å²) < 4.78 is 13.0. The second-order valence-corrected chi connectivity index (χ2v) is 4.94. The van der Waals surface area contributed by atoms with Crippen LogP contribution in [-0.4, -0.2) is 11.5 Å². The van der Waals surface area contributed by atoms with Gasteiger partial charge in [0.05, 0.1) is 4.92 Å². The lowest BCUT2D eigenvalue weighted by Gasteiger charge is -2.23. The summed E-state index contributed by atoms with van der Waals surface area (Å²) in [6, 6.07) is 10.9. The maximum atomic E-state index is 13.0. The molecule has 0 spiro atoms. The maximum Gasteiger partial charge on any atom is 0.288 e. The van der Waals surface area contributed by atoms with E-state index < -0.39 is 4.92 Å². The molecule has 21 heavy (non-hydrogen) atoms. The van der Waals surface area contributed by atoms with E-state index >= 15 is 0 Å². The Morgan fingerprint density at radius 3 is 2.48 bits per heavy atom. The molecule has 2 rings (SSSR count). The number of hydrogen-bond donors (Lipinski definition) is 0. The van der Waals surface area contributed by atoms with Crippen molar-refractivity contribution < 1.29 is 9.31 Å². The van der Waals surface area contributed by atoms with Gasteiger partial charge < -0.3 is 4.90 Å². The Morgan fingerprint density at radius 2 is 1.90 bits per heavy atom. The fourth-order valence-corrected chi connectivity index (χ4v) is 2.24. The van der Waals surface area contributed by atoms with Gasteiger partial charge in [0, 0.05) is 24.8 Å². The van der Waals surface area contributed by atoms with Crippen molar-refractivity contribution in [1.29, 1.82) is 0 Å². The van der Waals surface area contributed by atoms with E-state index in [-0.39, 0.29) is 16.5 Å². The second-order valence-electron chi connectivity index (χ2n) is 4.53. The topological polar surface area (TPSA) is 46.4 Å². The number of nitro benzene ring substituents is 1. The summed E-state index contributed by atoms with van der Waals surface area (Å²) in [5.41, 5.74) is 1.53. The highest BCUT2D eigenvalue weighted by Crippen LogP contribution is 2.26. The summed E-state index contributed by atoms with van der Waals surface area (Å²) >= 11 is 5.80. The highest BCUT2D eigenvalue weighted by molar-refractivity contribution is 6.32. The molecule has 0 aliphatic carbocycles. The van der Waals surface area contributed by atoms with Gasteiger partial charge in [0.1, 0.15) is 10.8 Å². The molecule has 0 aliphatic rings. The van der Waals surface area contributed by atoms with Crippen molar-refractivity contribution >= 4 is 23.0 Å². The zero-order chi connectivity index (χ0) is 15.4. The van der Waals surface area contributed by atoms with E-state index in [9.17, 15) is 14.5 Å². The SMILES string of the molecule is CCN(Cc1ccc(Cl)c([N+](=O)[O-])c1)c1ccc(F)cc1. The van der Waals surface area contributed by atoms with Crippen LogP contribution in [0.2, 0.25) is 5.02 Å². The Bertz CT molecular complexity index is 647. The minimum atomic E-state index is -0.500. The largest absolute Gasteiger partial charge is 0.367 e. The van der Waals surface area contributed by atoms with Gasteiger partial charge in [0.15, 0.2) is 0 Å². The Hall–Kier alpha value is -2.14. The lowest BCUT2D eigenvalue weighted by Crippen LogP contribution is -2.21. The van der Waals surface area contributed by atoms with Crippen molar-refractivity contribution in [3.8, 4) is 0 Å². The summed E-state index contributed by atoms with van der Waals surface area (Å²) in [6.07, 6.45) is 0. The molecule has 2 aromatic carbocycles. The van der Waals surface area contributed by atoms with Crippen LogP contribution >= 0.6 is 11.6 Å². The Morgan fingerprint density at radius 1 is 1.24 bits per heavy atom. The van der Waals surface area contributed by atoms with E-state index in [4.69, 9.17) is 11.6 Å². The smallest absolute Gasteiger partial charge is 0.288 e. The van der Waals surface area contributed by atoms with E-state index in [1.54, 1.807) is 18.2 Å². The molecular weight excluding hydrogens is 295 g/mol. The number of rotatable bonds is 5. The molecule has 0 N–H and O–H groups in total. The van der Waals surface area contributed by atoms with Gasteiger partial charge in [-0.05, 0) is 42.8 Å². The first kappa shape index (κ1) is 15.3. The molecule has 2 aromatic rings. The quantitative estimate of drug-likeness (QED) is 0.607. The van der Waals surface area contributed by atoms with E-state index in [0.717, 1.165) is 11.3 Å². The van der Waals surface area contributed by atoms with Gasteiger partial charge in [-0.2, -0.15) is 0 Å². The number of anilines is 1. The third kappa shape index (κ3) is 3.70. The molecule has 0 saturated carbocycles. The van der Waals surface area contributed by atoms with Crippen molar-refractivity contribution in [2.24, 2.45) is 0 Å². The minimum absolute atomic E-state index is 0.107. The summed E-state index contributed by atoms with van der Waals surface area (Å²) in [5.74, 6) is -0.295. The van der Waals surface area contributed by atoms with Crippen molar-refractivity contribution in [3.63, 3.8) is 0 Å². The van der Waals surface area contributed by atoms with Crippen molar-refractivity contribution in [2.45, 2.75) is 13.5 Å². The van der Waals surface area contributed by atoms with Crippen LogP contribution in [0.15, 0.2) is 42.5 Å². The van der Waals surface area contributed by atoms with Gasteiger partial charge in [-0.3, -0.25) is 10.1 Å². The molecule has 0 radical (unpaired) electrons. The standard InChI is InChI=1S/C15H14ClFN2O2/c1-2-18(13-6-4-12(17)5-7-13)10-11-3-8-14(16)15(9-11)19(20)21/h3-9H,2,10H2,1H3. The fourth-order valence-electron chi connectivity index (χ4n) is 2.05. The maximum absolute atomic E-state index is 13.0. The number of nitrogens with zero attached hydrogens (tertiary/aromatic N) is 2. The highest BCUT2D eigenvalue weighted by Gasteiger charge is 2.14. The number of hydrogen-bond acceptors (Lipinski definition) is 3. The molecule has 4 nitrogen and oxygen atoms in total. The fraction of sp³-hybridized carbons (Fsp3) is 0.200. The number of nitro groups is 1. The molecule has 0 bridgehead atoms. The van der Waals surface area contributed by atoms with Gasteiger partial charge in [0.25, 0.3) is 5.69 Å². The third-order valence-electron chi connectivity index (χ3n) is 3.15. The van der Waals surface area contributed by atoms with Crippen LogP contribution in [0.25, 0.3) is 0 Å².